The molecule has 0 aromatic heterocycles. The minimum Gasteiger partial charge on any atom is -0.336 e. The average molecular weight is 406 g/mol. The van der Waals surface area contributed by atoms with Crippen LogP contribution in [-0.2, 0) is 10.3 Å². The summed E-state index contributed by atoms with van der Waals surface area (Å²) >= 11 is 0. The highest BCUT2D eigenvalue weighted by Crippen LogP contribution is 2.36. The van der Waals surface area contributed by atoms with E-state index < -0.39 is 18.1 Å². The quantitative estimate of drug-likeness (QED) is 0.330. The van der Waals surface area contributed by atoms with Crippen molar-refractivity contribution in [3.8, 4) is 0 Å². The smallest absolute Gasteiger partial charge is 0.252 e. The maximum absolute atomic E-state index is 13.1. The molecule has 1 amide bonds. The fourth-order valence-corrected chi connectivity index (χ4v) is 3.52. The molecular weight excluding hydrogens is 373 g/mol. The number of hydrogen-bond acceptors (Lipinski definition) is 1. The maximum Gasteiger partial charge on any atom is 0.252 e. The molecule has 30 heavy (non-hydrogen) atoms. The summed E-state index contributed by atoms with van der Waals surface area (Å²) in [6.07, 6.45) is 5.54. The molecule has 0 spiro atoms. The van der Waals surface area contributed by atoms with Gasteiger partial charge in [-0.15, -0.1) is 0 Å². The highest BCUT2D eigenvalue weighted by molar-refractivity contribution is 5.80. The minimum atomic E-state index is -1.06. The van der Waals surface area contributed by atoms with Crippen LogP contribution >= 0.6 is 0 Å². The number of rotatable bonds is 8. The van der Waals surface area contributed by atoms with Crippen molar-refractivity contribution in [1.82, 2.24) is 5.32 Å². The lowest BCUT2D eigenvalue weighted by Crippen LogP contribution is -2.48. The summed E-state index contributed by atoms with van der Waals surface area (Å²) in [4.78, 5) is 12.1. The van der Waals surface area contributed by atoms with Gasteiger partial charge in [0.25, 0.3) is 5.91 Å². The molecule has 0 bridgehead atoms. The van der Waals surface area contributed by atoms with E-state index in [0.717, 1.165) is 16.7 Å². The Morgan fingerprint density at radius 2 is 1.03 bits per heavy atom. The normalized spacial score (nSPS) is 10.6. The summed E-state index contributed by atoms with van der Waals surface area (Å²) in [5, 5.41) is 2.92. The fourth-order valence-electron chi connectivity index (χ4n) is 3.52. The number of hydrogen-bond donors (Lipinski definition) is 1. The van der Waals surface area contributed by atoms with Gasteiger partial charge >= 0.3 is 0 Å². The van der Waals surface area contributed by atoms with Crippen molar-refractivity contribution in [2.24, 2.45) is 0 Å². The molecule has 0 heterocycles. The minimum absolute atomic E-state index is 0.647. The van der Waals surface area contributed by atoms with Gasteiger partial charge in [0.2, 0.25) is 0 Å². The number of alkyl halides is 1. The van der Waals surface area contributed by atoms with Crippen LogP contribution in [0.4, 0.5) is 4.39 Å². The molecule has 0 aliphatic heterocycles. The second-order valence-corrected chi connectivity index (χ2v) is 7.24. The first-order chi connectivity index (χ1) is 14.7. The third-order valence-corrected chi connectivity index (χ3v) is 5.03. The molecule has 3 aromatic rings. The van der Waals surface area contributed by atoms with E-state index in [-0.39, 0.29) is 0 Å². The predicted molar refractivity (Wildman–Crippen MR) is 123 cm³/mol. The SMILES string of the molecule is CCCCCC.O=C(CF)NC(c1ccccc1)(c1ccccc1)c1ccccc1. The van der Waals surface area contributed by atoms with E-state index in [1.807, 2.05) is 91.0 Å². The van der Waals surface area contributed by atoms with E-state index in [0.29, 0.717) is 0 Å². The maximum atomic E-state index is 13.1. The van der Waals surface area contributed by atoms with Crippen LogP contribution in [0, 0.1) is 0 Å². The van der Waals surface area contributed by atoms with Crippen LogP contribution in [0.3, 0.4) is 0 Å². The van der Waals surface area contributed by atoms with Gasteiger partial charge in [0.15, 0.2) is 6.67 Å². The van der Waals surface area contributed by atoms with Crippen molar-refractivity contribution >= 4 is 5.91 Å². The van der Waals surface area contributed by atoms with Gasteiger partial charge in [-0.3, -0.25) is 4.79 Å². The Morgan fingerprint density at radius 1 is 0.700 bits per heavy atom. The van der Waals surface area contributed by atoms with Crippen LogP contribution in [0.1, 0.15) is 56.2 Å². The highest BCUT2D eigenvalue weighted by Gasteiger charge is 2.37. The van der Waals surface area contributed by atoms with Crippen molar-refractivity contribution in [2.75, 3.05) is 6.67 Å². The zero-order valence-corrected chi connectivity index (χ0v) is 18.0. The molecule has 1 N–H and O–H groups in total. The molecule has 3 rings (SSSR count). The Hall–Kier alpha value is -2.94. The topological polar surface area (TPSA) is 29.1 Å². The van der Waals surface area contributed by atoms with Crippen LogP contribution < -0.4 is 5.32 Å². The van der Waals surface area contributed by atoms with Gasteiger partial charge in [-0.2, -0.15) is 0 Å². The molecule has 0 atom stereocenters. The molecule has 0 saturated carbocycles. The predicted octanol–water partition coefficient (Wildman–Crippen LogP) is 6.65. The van der Waals surface area contributed by atoms with Gasteiger partial charge in [0.1, 0.15) is 5.54 Å². The van der Waals surface area contributed by atoms with Crippen LogP contribution in [0.2, 0.25) is 0 Å². The van der Waals surface area contributed by atoms with Gasteiger partial charge in [-0.25, -0.2) is 4.39 Å². The second-order valence-electron chi connectivity index (χ2n) is 7.24. The van der Waals surface area contributed by atoms with E-state index >= 15 is 0 Å². The summed E-state index contributed by atoms with van der Waals surface area (Å²) < 4.78 is 13.1. The number of benzene rings is 3. The van der Waals surface area contributed by atoms with Crippen LogP contribution in [0.15, 0.2) is 91.0 Å². The lowest BCUT2D eigenvalue weighted by molar-refractivity contribution is -0.123. The fraction of sp³-hybridized carbons (Fsp3) is 0.296. The Bertz CT molecular complexity index is 749. The van der Waals surface area contributed by atoms with Crippen molar-refractivity contribution in [2.45, 2.75) is 45.1 Å². The Labute approximate surface area is 180 Å². The second kappa shape index (κ2) is 12.6. The van der Waals surface area contributed by atoms with E-state index in [4.69, 9.17) is 0 Å². The molecule has 0 aliphatic rings. The number of unbranched alkanes of at least 4 members (excludes halogenated alkanes) is 3. The summed E-state index contributed by atoms with van der Waals surface area (Å²) in [6.45, 7) is 3.40. The van der Waals surface area contributed by atoms with Crippen molar-refractivity contribution < 1.29 is 9.18 Å². The van der Waals surface area contributed by atoms with Crippen molar-refractivity contribution in [3.05, 3.63) is 108 Å². The van der Waals surface area contributed by atoms with Crippen LogP contribution in [-0.4, -0.2) is 12.6 Å². The van der Waals surface area contributed by atoms with Gasteiger partial charge < -0.3 is 5.32 Å². The zero-order valence-electron chi connectivity index (χ0n) is 18.0. The largest absolute Gasteiger partial charge is 0.336 e. The number of halogens is 1. The lowest BCUT2D eigenvalue weighted by atomic mass is 9.77. The monoisotopic (exact) mass is 405 g/mol. The third kappa shape index (κ3) is 6.03. The first-order valence-electron chi connectivity index (χ1n) is 10.7. The molecule has 0 saturated heterocycles. The number of amides is 1. The van der Waals surface area contributed by atoms with E-state index in [1.54, 1.807) is 0 Å². The summed E-state index contributed by atoms with van der Waals surface area (Å²) in [6, 6.07) is 28.9. The molecule has 0 radical (unpaired) electrons. The Balaban J connectivity index is 0.000000469. The summed E-state index contributed by atoms with van der Waals surface area (Å²) in [5.41, 5.74) is 1.70. The summed E-state index contributed by atoms with van der Waals surface area (Å²) in [5.74, 6) is -0.647. The van der Waals surface area contributed by atoms with Crippen LogP contribution in [0.5, 0.6) is 0 Å². The molecular formula is C27H32FNO. The molecule has 3 aromatic carbocycles. The third-order valence-electron chi connectivity index (χ3n) is 5.03. The van der Waals surface area contributed by atoms with E-state index in [2.05, 4.69) is 19.2 Å². The zero-order chi connectivity index (χ0) is 21.7. The molecule has 0 unspecified atom stereocenters. The van der Waals surface area contributed by atoms with E-state index in [1.165, 1.54) is 25.7 Å². The molecule has 0 aliphatic carbocycles. The van der Waals surface area contributed by atoms with Crippen molar-refractivity contribution in [3.63, 3.8) is 0 Å². The Morgan fingerprint density at radius 3 is 1.30 bits per heavy atom. The van der Waals surface area contributed by atoms with Gasteiger partial charge in [-0.05, 0) is 16.7 Å². The molecule has 158 valence electrons. The standard InChI is InChI=1S/C21H18FNO.C6H14/c22-16-20(24)23-21(17-10-4-1-5-11-17,18-12-6-2-7-13-18)19-14-8-3-9-15-19;1-3-5-6-4-2/h1-15H,16H2,(H,23,24);3-6H2,1-2H3. The van der Waals surface area contributed by atoms with Crippen LogP contribution in [0.25, 0.3) is 0 Å². The Kier molecular flexibility index (Phi) is 9.79. The first kappa shape index (κ1) is 23.3. The first-order valence-corrected chi connectivity index (χ1v) is 10.7. The number of carbonyl (C=O) groups excluding carboxylic acids is 1. The van der Waals surface area contributed by atoms with Gasteiger partial charge in [0.05, 0.1) is 0 Å². The number of carbonyl (C=O) groups is 1. The molecule has 3 heteroatoms. The molecule has 0 fully saturated rings. The lowest BCUT2D eigenvalue weighted by Gasteiger charge is -2.36. The summed E-state index contributed by atoms with van der Waals surface area (Å²) in [7, 11) is 0. The molecule has 2 nitrogen and oxygen atoms in total. The number of nitrogens with one attached hydrogen (secondary N) is 1. The van der Waals surface area contributed by atoms with Gasteiger partial charge in [-0.1, -0.05) is 131 Å². The highest BCUT2D eigenvalue weighted by atomic mass is 19.1. The van der Waals surface area contributed by atoms with Gasteiger partial charge in [0, 0.05) is 0 Å². The van der Waals surface area contributed by atoms with Crippen molar-refractivity contribution in [1.29, 1.82) is 0 Å². The van der Waals surface area contributed by atoms with E-state index in [9.17, 15) is 9.18 Å². The average Bonchev–Trinajstić information content (AvgIpc) is 2.83.